The number of piperazine rings is 1. The fourth-order valence-corrected chi connectivity index (χ4v) is 6.84. The lowest BCUT2D eigenvalue weighted by molar-refractivity contribution is -0.121. The van der Waals surface area contributed by atoms with Crippen LogP contribution in [0.2, 0.25) is 0 Å². The molecule has 2 atom stereocenters. The number of nitrogens with zero attached hydrogens (tertiary/aromatic N) is 5. The highest BCUT2D eigenvalue weighted by Crippen LogP contribution is 2.55. The van der Waals surface area contributed by atoms with E-state index in [0.29, 0.717) is 38.4 Å². The molecule has 2 aromatic rings. The fourth-order valence-electron chi connectivity index (χ4n) is 5.06. The lowest BCUT2D eigenvalue weighted by Crippen LogP contribution is -2.53. The Hall–Kier alpha value is -2.27. The average molecular weight is 431 g/mol. The quantitative estimate of drug-likeness (QED) is 0.768. The van der Waals surface area contributed by atoms with Gasteiger partial charge in [0.1, 0.15) is 17.3 Å². The van der Waals surface area contributed by atoms with Gasteiger partial charge >= 0.3 is 0 Å². The van der Waals surface area contributed by atoms with Gasteiger partial charge in [-0.3, -0.25) is 4.79 Å². The molecule has 1 aromatic heterocycles. The number of amides is 1. The molecular weight excluding hydrogens is 404 g/mol. The summed E-state index contributed by atoms with van der Waals surface area (Å²) in [5.41, 5.74) is 0.606. The molecule has 2 fully saturated rings. The Bertz CT molecular complexity index is 1090. The molecule has 1 N–H and O–H groups in total. The summed E-state index contributed by atoms with van der Waals surface area (Å²) in [6.07, 6.45) is 3.86. The van der Waals surface area contributed by atoms with Crippen molar-refractivity contribution < 1.29 is 13.2 Å². The average Bonchev–Trinajstić information content (AvgIpc) is 3.40. The molecule has 0 unspecified atom stereocenters. The molecule has 2 saturated heterocycles. The minimum Gasteiger partial charge on any atom is -0.337 e. The standard InChI is InChI=1S/C20H26N6O3S/c1-23-11-13-25(14-12-23)30(28,29)26-9-7-20(17(26)18-21-8-10-24(18)2)15-5-3-4-6-16(15)22-19(20)27/h3-6,8,10,17H,7,9,11-14H2,1-2H3,(H,22,27)/t17-,20+/m0/s1. The Kier molecular flexibility index (Phi) is 4.51. The molecule has 160 valence electrons. The lowest BCUT2D eigenvalue weighted by atomic mass is 9.75. The molecule has 10 heteroatoms. The van der Waals surface area contributed by atoms with Crippen molar-refractivity contribution in [2.45, 2.75) is 17.9 Å². The number of rotatable bonds is 3. The van der Waals surface area contributed by atoms with Crippen molar-refractivity contribution in [1.29, 1.82) is 0 Å². The lowest BCUT2D eigenvalue weighted by Gasteiger charge is -2.38. The van der Waals surface area contributed by atoms with Crippen LogP contribution >= 0.6 is 0 Å². The highest BCUT2D eigenvalue weighted by Gasteiger charge is 2.62. The van der Waals surface area contributed by atoms with Crippen LogP contribution in [0.5, 0.6) is 0 Å². The van der Waals surface area contributed by atoms with Crippen LogP contribution in [0.4, 0.5) is 5.69 Å². The number of nitrogens with one attached hydrogen (secondary N) is 1. The number of para-hydroxylation sites is 1. The van der Waals surface area contributed by atoms with Crippen LogP contribution in [-0.2, 0) is 27.5 Å². The van der Waals surface area contributed by atoms with Crippen LogP contribution in [0.25, 0.3) is 0 Å². The van der Waals surface area contributed by atoms with Crippen LogP contribution < -0.4 is 5.32 Å². The highest BCUT2D eigenvalue weighted by molar-refractivity contribution is 7.86. The van der Waals surface area contributed by atoms with Gasteiger partial charge in [0.05, 0.1) is 0 Å². The maximum atomic E-state index is 13.7. The van der Waals surface area contributed by atoms with Crippen molar-refractivity contribution >= 4 is 21.8 Å². The van der Waals surface area contributed by atoms with Gasteiger partial charge in [-0.25, -0.2) is 4.98 Å². The summed E-state index contributed by atoms with van der Waals surface area (Å²) in [5.74, 6) is 0.421. The predicted octanol–water partition coefficient (Wildman–Crippen LogP) is 0.549. The zero-order chi connectivity index (χ0) is 21.1. The number of benzene rings is 1. The van der Waals surface area contributed by atoms with Crippen molar-refractivity contribution in [2.75, 3.05) is 45.1 Å². The minimum atomic E-state index is -3.76. The van der Waals surface area contributed by atoms with Gasteiger partial charge in [-0.15, -0.1) is 0 Å². The van der Waals surface area contributed by atoms with Gasteiger partial charge in [-0.2, -0.15) is 17.0 Å². The van der Waals surface area contributed by atoms with E-state index < -0.39 is 21.7 Å². The Morgan fingerprint density at radius 3 is 2.53 bits per heavy atom. The number of aryl methyl sites for hydroxylation is 1. The third kappa shape index (κ3) is 2.67. The van der Waals surface area contributed by atoms with Crippen molar-refractivity contribution in [3.8, 4) is 0 Å². The summed E-state index contributed by atoms with van der Waals surface area (Å²) in [6, 6.07) is 6.87. The summed E-state index contributed by atoms with van der Waals surface area (Å²) in [6.45, 7) is 2.54. The van der Waals surface area contributed by atoms with E-state index in [4.69, 9.17) is 0 Å². The second-order valence-corrected chi connectivity index (χ2v) is 10.2. The van der Waals surface area contributed by atoms with E-state index in [1.165, 1.54) is 4.31 Å². The summed E-state index contributed by atoms with van der Waals surface area (Å²) in [7, 11) is 0.0725. The van der Waals surface area contributed by atoms with Gasteiger partial charge in [0.25, 0.3) is 10.2 Å². The molecule has 0 radical (unpaired) electrons. The van der Waals surface area contributed by atoms with Crippen LogP contribution in [0.1, 0.15) is 23.9 Å². The van der Waals surface area contributed by atoms with Crippen molar-refractivity contribution in [3.63, 3.8) is 0 Å². The third-order valence-corrected chi connectivity index (χ3v) is 8.73. The number of hydrogen-bond donors (Lipinski definition) is 1. The topological polar surface area (TPSA) is 90.8 Å². The third-order valence-electron chi connectivity index (χ3n) is 6.73. The van der Waals surface area contributed by atoms with Gasteiger partial charge in [0, 0.05) is 57.9 Å². The Balaban J connectivity index is 1.64. The number of hydrogen-bond acceptors (Lipinski definition) is 5. The molecular formula is C20H26N6O3S. The van der Waals surface area contributed by atoms with Gasteiger partial charge in [0.2, 0.25) is 5.91 Å². The Labute approximate surface area is 176 Å². The summed E-state index contributed by atoms with van der Waals surface area (Å²) < 4.78 is 32.3. The van der Waals surface area contributed by atoms with E-state index in [1.807, 2.05) is 42.9 Å². The zero-order valence-corrected chi connectivity index (χ0v) is 18.0. The first-order valence-electron chi connectivity index (χ1n) is 10.2. The predicted molar refractivity (Wildman–Crippen MR) is 112 cm³/mol. The van der Waals surface area contributed by atoms with E-state index >= 15 is 0 Å². The van der Waals surface area contributed by atoms with E-state index in [9.17, 15) is 13.2 Å². The Morgan fingerprint density at radius 1 is 1.10 bits per heavy atom. The monoisotopic (exact) mass is 430 g/mol. The van der Waals surface area contributed by atoms with E-state index in [1.54, 1.807) is 16.7 Å². The molecule has 0 bridgehead atoms. The smallest absolute Gasteiger partial charge is 0.282 e. The van der Waals surface area contributed by atoms with Crippen LogP contribution in [0, 0.1) is 0 Å². The van der Waals surface area contributed by atoms with Crippen molar-refractivity contribution in [3.05, 3.63) is 48.0 Å². The summed E-state index contributed by atoms with van der Waals surface area (Å²) in [4.78, 5) is 20.0. The molecule has 5 rings (SSSR count). The minimum absolute atomic E-state index is 0.159. The van der Waals surface area contributed by atoms with Gasteiger partial charge < -0.3 is 14.8 Å². The molecule has 0 saturated carbocycles. The number of likely N-dealkylation sites (N-methyl/N-ethyl adjacent to an activating group) is 1. The number of carbonyl (C=O) groups is 1. The molecule has 1 aromatic carbocycles. The molecule has 9 nitrogen and oxygen atoms in total. The number of anilines is 1. The molecule has 3 aliphatic rings. The molecule has 3 aliphatic heterocycles. The van der Waals surface area contributed by atoms with Gasteiger partial charge in [-0.05, 0) is 25.1 Å². The first kappa shape index (κ1) is 19.7. The maximum Gasteiger partial charge on any atom is 0.282 e. The molecule has 0 aliphatic carbocycles. The normalized spacial score (nSPS) is 28.2. The molecule has 30 heavy (non-hydrogen) atoms. The van der Waals surface area contributed by atoms with E-state index in [0.717, 1.165) is 11.3 Å². The highest BCUT2D eigenvalue weighted by atomic mass is 32.2. The van der Waals surface area contributed by atoms with Crippen molar-refractivity contribution in [1.82, 2.24) is 23.1 Å². The number of fused-ring (bicyclic) bond motifs is 2. The Morgan fingerprint density at radius 2 is 1.83 bits per heavy atom. The van der Waals surface area contributed by atoms with Gasteiger partial charge in [0.15, 0.2) is 0 Å². The molecule has 1 spiro atoms. The SMILES string of the molecule is CN1CCN(S(=O)(=O)N2CC[C@]3(C(=O)Nc4ccccc43)[C@@H]2c2nccn2C)CC1. The second kappa shape index (κ2) is 6.88. The number of imidazole rings is 1. The number of carbonyl (C=O) groups excluding carboxylic acids is 1. The largest absolute Gasteiger partial charge is 0.337 e. The van der Waals surface area contributed by atoms with Crippen LogP contribution in [0.15, 0.2) is 36.7 Å². The zero-order valence-electron chi connectivity index (χ0n) is 17.2. The molecule has 4 heterocycles. The van der Waals surface area contributed by atoms with Crippen LogP contribution in [-0.4, -0.2) is 77.2 Å². The second-order valence-electron chi connectivity index (χ2n) is 8.34. The summed E-state index contributed by atoms with van der Waals surface area (Å²) >= 11 is 0. The van der Waals surface area contributed by atoms with Gasteiger partial charge in [-0.1, -0.05) is 18.2 Å². The number of aromatic nitrogens is 2. The first-order chi connectivity index (χ1) is 14.4. The molecule has 1 amide bonds. The maximum absolute atomic E-state index is 13.7. The van der Waals surface area contributed by atoms with Crippen molar-refractivity contribution in [2.24, 2.45) is 7.05 Å². The van der Waals surface area contributed by atoms with E-state index in [2.05, 4.69) is 15.2 Å². The summed E-state index contributed by atoms with van der Waals surface area (Å²) in [5, 5.41) is 2.98. The fraction of sp³-hybridized carbons (Fsp3) is 0.500. The van der Waals surface area contributed by atoms with E-state index in [-0.39, 0.29) is 12.5 Å². The van der Waals surface area contributed by atoms with Crippen LogP contribution in [0.3, 0.4) is 0 Å². The first-order valence-corrected chi connectivity index (χ1v) is 11.6.